The molecule has 1 aromatic heterocycles. The number of pyridine rings is 1. The van der Waals surface area contributed by atoms with Crippen LogP contribution in [0.2, 0.25) is 0 Å². The van der Waals surface area contributed by atoms with E-state index >= 15 is 0 Å². The van der Waals surface area contributed by atoms with E-state index in [0.717, 1.165) is 12.0 Å². The highest BCUT2D eigenvalue weighted by Gasteiger charge is 1.80. The lowest BCUT2D eigenvalue weighted by atomic mass is 10.3. The first-order valence-electron chi connectivity index (χ1n) is 3.48. The number of nitrogens with zero attached hydrogens (tertiary/aromatic N) is 1. The molecule has 0 amide bonds. The van der Waals surface area contributed by atoms with Crippen LogP contribution in [0.1, 0.15) is 12.5 Å². The van der Waals surface area contributed by atoms with Crippen LogP contribution in [0.25, 0.3) is 0 Å². The molecule has 2 heteroatoms. The Hall–Kier alpha value is -1.05. The lowest BCUT2D eigenvalue weighted by Crippen LogP contribution is -2.06. The Bertz CT molecular complexity index is 260. The van der Waals surface area contributed by atoms with Crippen molar-refractivity contribution in [3.05, 3.63) is 29.4 Å². The minimum absolute atomic E-state index is 0.833. The highest BCUT2D eigenvalue weighted by Crippen LogP contribution is 1.85. The van der Waals surface area contributed by atoms with E-state index in [1.165, 1.54) is 5.56 Å². The summed E-state index contributed by atoms with van der Waals surface area (Å²) < 4.78 is 0. The normalized spacial score (nSPS) is 12.0. The number of aryl methyl sites for hydroxylation is 1. The Labute approximate surface area is 60.6 Å². The maximum Gasteiger partial charge on any atom is 0.125 e. The molecule has 0 aliphatic heterocycles. The number of aromatic nitrogens is 1. The minimum atomic E-state index is 0.833. The quantitative estimate of drug-likeness (QED) is 0.601. The molecule has 0 saturated heterocycles. The molecular formula is C8H12N2. The Morgan fingerprint density at radius 1 is 1.60 bits per heavy atom. The fraction of sp³-hybridized carbons (Fsp3) is 0.375. The third-order valence-corrected chi connectivity index (χ3v) is 1.27. The number of nitrogens with one attached hydrogen (secondary N) is 1. The van der Waals surface area contributed by atoms with Crippen molar-refractivity contribution in [3.63, 3.8) is 0 Å². The van der Waals surface area contributed by atoms with Crippen LogP contribution in [0.4, 0.5) is 0 Å². The Balaban J connectivity index is 3.07. The first-order valence-corrected chi connectivity index (χ1v) is 3.48. The molecule has 54 valence electrons. The Morgan fingerprint density at radius 3 is 3.00 bits per heavy atom. The highest BCUT2D eigenvalue weighted by atomic mass is 14.8. The van der Waals surface area contributed by atoms with E-state index in [1.54, 1.807) is 0 Å². The molecule has 1 rings (SSSR count). The van der Waals surface area contributed by atoms with Gasteiger partial charge >= 0.3 is 0 Å². The summed E-state index contributed by atoms with van der Waals surface area (Å²) in [6.45, 7) is 4.92. The first-order chi connectivity index (χ1) is 4.83. The molecular weight excluding hydrogens is 124 g/mol. The third-order valence-electron chi connectivity index (χ3n) is 1.27. The van der Waals surface area contributed by atoms with Crippen molar-refractivity contribution in [1.82, 2.24) is 4.98 Å². The Kier molecular flexibility index (Phi) is 2.26. The zero-order chi connectivity index (χ0) is 7.40. The van der Waals surface area contributed by atoms with E-state index in [4.69, 9.17) is 0 Å². The molecule has 1 N–H and O–H groups in total. The molecule has 10 heavy (non-hydrogen) atoms. The maximum absolute atomic E-state index is 4.21. The van der Waals surface area contributed by atoms with Crippen molar-refractivity contribution in [2.75, 3.05) is 6.54 Å². The van der Waals surface area contributed by atoms with Crippen LogP contribution in [0.15, 0.2) is 23.3 Å². The van der Waals surface area contributed by atoms with Gasteiger partial charge in [-0.25, -0.2) is 0 Å². The van der Waals surface area contributed by atoms with Gasteiger partial charge in [0.25, 0.3) is 0 Å². The van der Waals surface area contributed by atoms with Gasteiger partial charge in [-0.05, 0) is 31.5 Å². The first kappa shape index (κ1) is 7.06. The molecule has 0 unspecified atom stereocenters. The van der Waals surface area contributed by atoms with Crippen molar-refractivity contribution >= 4 is 0 Å². The molecule has 0 aliphatic rings. The van der Waals surface area contributed by atoms with Crippen LogP contribution in [0.3, 0.4) is 0 Å². The van der Waals surface area contributed by atoms with Gasteiger partial charge in [-0.1, -0.05) is 0 Å². The molecule has 0 aromatic carbocycles. The molecule has 0 fully saturated rings. The summed E-state index contributed by atoms with van der Waals surface area (Å²) in [5.74, 6) is 0. The topological polar surface area (TPSA) is 28.1 Å². The summed E-state index contributed by atoms with van der Waals surface area (Å²) in [5, 5.41) is 0. The molecule has 0 radical (unpaired) electrons. The van der Waals surface area contributed by atoms with E-state index in [0.29, 0.717) is 0 Å². The van der Waals surface area contributed by atoms with Crippen LogP contribution in [-0.4, -0.2) is 11.5 Å². The van der Waals surface area contributed by atoms with Crippen molar-refractivity contribution in [2.45, 2.75) is 13.8 Å². The molecule has 0 spiro atoms. The van der Waals surface area contributed by atoms with Gasteiger partial charge in [0.1, 0.15) is 5.49 Å². The highest BCUT2D eigenvalue weighted by molar-refractivity contribution is 5.05. The molecule has 0 saturated carbocycles. The van der Waals surface area contributed by atoms with Crippen LogP contribution >= 0.6 is 0 Å². The third kappa shape index (κ3) is 1.72. The summed E-state index contributed by atoms with van der Waals surface area (Å²) in [6, 6.07) is 4.05. The second-order valence-corrected chi connectivity index (χ2v) is 2.23. The van der Waals surface area contributed by atoms with E-state index in [1.807, 2.05) is 25.3 Å². The smallest absolute Gasteiger partial charge is 0.125 e. The van der Waals surface area contributed by atoms with Gasteiger partial charge in [0, 0.05) is 12.7 Å². The second kappa shape index (κ2) is 3.20. The van der Waals surface area contributed by atoms with Crippen LogP contribution < -0.4 is 5.49 Å². The molecule has 0 atom stereocenters. The fourth-order valence-corrected chi connectivity index (χ4v) is 0.826. The number of aromatic amines is 1. The lowest BCUT2D eigenvalue weighted by molar-refractivity contribution is 0.999. The molecule has 1 aromatic rings. The van der Waals surface area contributed by atoms with Gasteiger partial charge in [-0.15, -0.1) is 0 Å². The second-order valence-electron chi connectivity index (χ2n) is 2.23. The number of hydrogen-bond acceptors (Lipinski definition) is 1. The van der Waals surface area contributed by atoms with Gasteiger partial charge in [0.2, 0.25) is 0 Å². The minimum Gasteiger partial charge on any atom is -0.347 e. The lowest BCUT2D eigenvalue weighted by Gasteiger charge is -1.89. The van der Waals surface area contributed by atoms with Gasteiger partial charge in [-0.2, -0.15) is 0 Å². The average Bonchev–Trinajstić information content (AvgIpc) is 1.88. The predicted octanol–water partition coefficient (Wildman–Crippen LogP) is 1.24. The maximum atomic E-state index is 4.21. The van der Waals surface area contributed by atoms with Gasteiger partial charge in [0.15, 0.2) is 0 Å². The van der Waals surface area contributed by atoms with E-state index in [-0.39, 0.29) is 0 Å². The van der Waals surface area contributed by atoms with Gasteiger partial charge < -0.3 is 4.98 Å². The van der Waals surface area contributed by atoms with Crippen molar-refractivity contribution in [3.8, 4) is 0 Å². The van der Waals surface area contributed by atoms with Crippen LogP contribution in [0, 0.1) is 6.92 Å². The van der Waals surface area contributed by atoms with Crippen molar-refractivity contribution < 1.29 is 0 Å². The predicted molar refractivity (Wildman–Crippen MR) is 41.6 cm³/mol. The monoisotopic (exact) mass is 136 g/mol. The molecule has 1 heterocycles. The van der Waals surface area contributed by atoms with Gasteiger partial charge in [-0.3, -0.25) is 4.99 Å². The molecule has 2 nitrogen and oxygen atoms in total. The van der Waals surface area contributed by atoms with Crippen molar-refractivity contribution in [2.24, 2.45) is 4.99 Å². The largest absolute Gasteiger partial charge is 0.347 e. The summed E-state index contributed by atoms with van der Waals surface area (Å²) in [6.07, 6.45) is 1.91. The van der Waals surface area contributed by atoms with Crippen molar-refractivity contribution in [1.29, 1.82) is 0 Å². The molecule has 0 aliphatic carbocycles. The fourth-order valence-electron chi connectivity index (χ4n) is 0.826. The van der Waals surface area contributed by atoms with E-state index in [2.05, 4.69) is 16.9 Å². The van der Waals surface area contributed by atoms with Crippen LogP contribution in [-0.2, 0) is 0 Å². The molecule has 0 bridgehead atoms. The summed E-state index contributed by atoms with van der Waals surface area (Å²) in [4.78, 5) is 7.26. The summed E-state index contributed by atoms with van der Waals surface area (Å²) in [5.41, 5.74) is 2.20. The summed E-state index contributed by atoms with van der Waals surface area (Å²) in [7, 11) is 0. The SMILES string of the molecule is CC/N=c1/cc(C)cc[nH]1. The van der Waals surface area contributed by atoms with E-state index in [9.17, 15) is 0 Å². The number of hydrogen-bond donors (Lipinski definition) is 1. The van der Waals surface area contributed by atoms with E-state index < -0.39 is 0 Å². The standard InChI is InChI=1S/C8H12N2/c1-3-9-8-6-7(2)4-5-10-8/h4-6H,3H2,1-2H3,(H,9,10). The zero-order valence-electron chi connectivity index (χ0n) is 6.39. The zero-order valence-corrected chi connectivity index (χ0v) is 6.39. The average molecular weight is 136 g/mol. The Morgan fingerprint density at radius 2 is 2.40 bits per heavy atom. The number of rotatable bonds is 1. The number of H-pyrrole nitrogens is 1. The van der Waals surface area contributed by atoms with Crippen LogP contribution in [0.5, 0.6) is 0 Å². The van der Waals surface area contributed by atoms with Gasteiger partial charge in [0.05, 0.1) is 0 Å². The summed E-state index contributed by atoms with van der Waals surface area (Å²) >= 11 is 0.